The standard InChI is InChI=1S/C26H28FNO3/c1-30-23(18-31-25-8-4-6-19-5-2-3-7-24(19)25)17-28-15-13-21(14-16-28)26(29)20-9-11-22(27)12-10-20/h2-12,21,23H,13-18H2,1H3. The van der Waals surface area contributed by atoms with E-state index in [2.05, 4.69) is 23.1 Å². The molecular weight excluding hydrogens is 393 g/mol. The van der Waals surface area contributed by atoms with Crippen molar-refractivity contribution in [3.63, 3.8) is 0 Å². The summed E-state index contributed by atoms with van der Waals surface area (Å²) < 4.78 is 24.9. The lowest BCUT2D eigenvalue weighted by molar-refractivity contribution is 0.0215. The second-order valence-corrected chi connectivity index (χ2v) is 8.09. The first-order valence-corrected chi connectivity index (χ1v) is 10.8. The lowest BCUT2D eigenvalue weighted by atomic mass is 9.89. The lowest BCUT2D eigenvalue weighted by Gasteiger charge is -2.33. The second kappa shape index (κ2) is 10.0. The summed E-state index contributed by atoms with van der Waals surface area (Å²) >= 11 is 0. The molecule has 1 aliphatic heterocycles. The summed E-state index contributed by atoms with van der Waals surface area (Å²) in [5.74, 6) is 0.656. The van der Waals surface area contributed by atoms with E-state index >= 15 is 0 Å². The fourth-order valence-corrected chi connectivity index (χ4v) is 4.22. The van der Waals surface area contributed by atoms with Crippen molar-refractivity contribution in [3.8, 4) is 5.75 Å². The molecule has 1 unspecified atom stereocenters. The number of methoxy groups -OCH3 is 1. The number of likely N-dealkylation sites (tertiary alicyclic amines) is 1. The van der Waals surface area contributed by atoms with E-state index in [0.717, 1.165) is 49.0 Å². The molecule has 0 aliphatic carbocycles. The van der Waals surface area contributed by atoms with Crippen LogP contribution in [0.15, 0.2) is 66.7 Å². The van der Waals surface area contributed by atoms with E-state index in [4.69, 9.17) is 9.47 Å². The number of halogens is 1. The summed E-state index contributed by atoms with van der Waals surface area (Å²) in [4.78, 5) is 15.0. The van der Waals surface area contributed by atoms with Gasteiger partial charge in [-0.1, -0.05) is 36.4 Å². The van der Waals surface area contributed by atoms with Crippen LogP contribution in [0.3, 0.4) is 0 Å². The molecule has 4 rings (SSSR count). The molecule has 0 bridgehead atoms. The number of hydrogen-bond donors (Lipinski definition) is 0. The van der Waals surface area contributed by atoms with Gasteiger partial charge in [-0.05, 0) is 61.6 Å². The molecule has 0 spiro atoms. The minimum atomic E-state index is -0.317. The molecule has 31 heavy (non-hydrogen) atoms. The van der Waals surface area contributed by atoms with Crippen LogP contribution >= 0.6 is 0 Å². The zero-order chi connectivity index (χ0) is 21.6. The Morgan fingerprint density at radius 2 is 1.74 bits per heavy atom. The van der Waals surface area contributed by atoms with Crippen molar-refractivity contribution in [1.82, 2.24) is 4.90 Å². The van der Waals surface area contributed by atoms with Gasteiger partial charge in [-0.15, -0.1) is 0 Å². The molecule has 0 saturated carbocycles. The van der Waals surface area contributed by atoms with Gasteiger partial charge in [0, 0.05) is 30.5 Å². The first-order chi connectivity index (χ1) is 15.1. The van der Waals surface area contributed by atoms with Crippen molar-refractivity contribution in [2.75, 3.05) is 33.4 Å². The average molecular weight is 422 g/mol. The number of carbonyl (C=O) groups is 1. The number of carbonyl (C=O) groups excluding carboxylic acids is 1. The van der Waals surface area contributed by atoms with E-state index in [1.54, 1.807) is 19.2 Å². The minimum absolute atomic E-state index is 0.00496. The van der Waals surface area contributed by atoms with Gasteiger partial charge in [0.25, 0.3) is 0 Å². The Balaban J connectivity index is 1.29. The quantitative estimate of drug-likeness (QED) is 0.482. The molecule has 0 N–H and O–H groups in total. The van der Waals surface area contributed by atoms with Crippen LogP contribution in [0.25, 0.3) is 10.8 Å². The Hall–Kier alpha value is -2.76. The summed E-state index contributed by atoms with van der Waals surface area (Å²) in [5, 5.41) is 2.25. The molecule has 3 aromatic carbocycles. The van der Waals surface area contributed by atoms with Crippen molar-refractivity contribution in [1.29, 1.82) is 0 Å². The molecule has 0 radical (unpaired) electrons. The molecule has 162 valence electrons. The number of hydrogen-bond acceptors (Lipinski definition) is 4. The normalized spacial score (nSPS) is 16.3. The van der Waals surface area contributed by atoms with Gasteiger partial charge >= 0.3 is 0 Å². The molecule has 1 aliphatic rings. The number of ether oxygens (including phenoxy) is 2. The number of rotatable bonds is 8. The molecule has 1 heterocycles. The molecule has 5 heteroatoms. The maximum Gasteiger partial charge on any atom is 0.166 e. The van der Waals surface area contributed by atoms with Gasteiger partial charge < -0.3 is 14.4 Å². The van der Waals surface area contributed by atoms with Crippen molar-refractivity contribution in [2.45, 2.75) is 18.9 Å². The number of Topliss-reactive ketones (excluding diaryl/α,β-unsaturated/α-hetero) is 1. The largest absolute Gasteiger partial charge is 0.490 e. The minimum Gasteiger partial charge on any atom is -0.490 e. The number of nitrogens with zero attached hydrogens (tertiary/aromatic N) is 1. The predicted molar refractivity (Wildman–Crippen MR) is 120 cm³/mol. The summed E-state index contributed by atoms with van der Waals surface area (Å²) in [6.07, 6.45) is 1.55. The highest BCUT2D eigenvalue weighted by Gasteiger charge is 2.27. The van der Waals surface area contributed by atoms with Gasteiger partial charge in [0.05, 0.1) is 0 Å². The zero-order valence-electron chi connectivity index (χ0n) is 17.8. The number of benzene rings is 3. The second-order valence-electron chi connectivity index (χ2n) is 8.09. The van der Waals surface area contributed by atoms with Crippen LogP contribution in [0.4, 0.5) is 4.39 Å². The molecule has 1 saturated heterocycles. The Labute approximate surface area is 182 Å². The molecule has 3 aromatic rings. The zero-order valence-corrected chi connectivity index (χ0v) is 17.8. The number of fused-ring (bicyclic) bond motifs is 1. The van der Waals surface area contributed by atoms with Crippen LogP contribution in [-0.2, 0) is 4.74 Å². The van der Waals surface area contributed by atoms with Crippen LogP contribution in [0.5, 0.6) is 5.75 Å². The smallest absolute Gasteiger partial charge is 0.166 e. The van der Waals surface area contributed by atoms with E-state index in [9.17, 15) is 9.18 Å². The lowest BCUT2D eigenvalue weighted by Crippen LogP contribution is -2.42. The van der Waals surface area contributed by atoms with Crippen molar-refractivity contribution < 1.29 is 18.7 Å². The van der Waals surface area contributed by atoms with Crippen LogP contribution in [0, 0.1) is 11.7 Å². The SMILES string of the molecule is COC(COc1cccc2ccccc12)CN1CCC(C(=O)c2ccc(F)cc2)CC1. The van der Waals surface area contributed by atoms with Crippen LogP contribution in [0.1, 0.15) is 23.2 Å². The highest BCUT2D eigenvalue weighted by molar-refractivity contribution is 5.97. The van der Waals surface area contributed by atoms with Gasteiger partial charge in [0.2, 0.25) is 0 Å². The van der Waals surface area contributed by atoms with Crippen LogP contribution in [0.2, 0.25) is 0 Å². The molecule has 0 amide bonds. The van der Waals surface area contributed by atoms with Gasteiger partial charge in [-0.25, -0.2) is 4.39 Å². The van der Waals surface area contributed by atoms with E-state index in [0.29, 0.717) is 12.2 Å². The highest BCUT2D eigenvalue weighted by Crippen LogP contribution is 2.26. The van der Waals surface area contributed by atoms with Crippen molar-refractivity contribution >= 4 is 16.6 Å². The molecular formula is C26H28FNO3. The topological polar surface area (TPSA) is 38.8 Å². The summed E-state index contributed by atoms with van der Waals surface area (Å²) in [6.45, 7) is 2.91. The fraction of sp³-hybridized carbons (Fsp3) is 0.346. The highest BCUT2D eigenvalue weighted by atomic mass is 19.1. The van der Waals surface area contributed by atoms with Gasteiger partial charge in [0.15, 0.2) is 5.78 Å². The van der Waals surface area contributed by atoms with E-state index < -0.39 is 0 Å². The fourth-order valence-electron chi connectivity index (χ4n) is 4.22. The summed E-state index contributed by atoms with van der Waals surface area (Å²) in [7, 11) is 1.71. The van der Waals surface area contributed by atoms with Gasteiger partial charge in [0.1, 0.15) is 24.3 Å². The third-order valence-corrected chi connectivity index (χ3v) is 6.06. The summed E-state index contributed by atoms with van der Waals surface area (Å²) in [5.41, 5.74) is 0.595. The Morgan fingerprint density at radius 3 is 2.48 bits per heavy atom. The average Bonchev–Trinajstić information content (AvgIpc) is 2.82. The molecule has 4 nitrogen and oxygen atoms in total. The Kier molecular flexibility index (Phi) is 6.95. The van der Waals surface area contributed by atoms with Crippen molar-refractivity contribution in [2.24, 2.45) is 5.92 Å². The molecule has 1 fully saturated rings. The molecule has 0 aromatic heterocycles. The first kappa shape index (κ1) is 21.5. The number of ketones is 1. The maximum absolute atomic E-state index is 13.1. The third-order valence-electron chi connectivity index (χ3n) is 6.06. The predicted octanol–water partition coefficient (Wildman–Crippen LogP) is 4.97. The Morgan fingerprint density at radius 1 is 1.03 bits per heavy atom. The third kappa shape index (κ3) is 5.30. The van der Waals surface area contributed by atoms with E-state index in [1.165, 1.54) is 12.1 Å². The summed E-state index contributed by atoms with van der Waals surface area (Å²) in [6, 6.07) is 20.1. The molecule has 1 atom stereocenters. The van der Waals surface area contributed by atoms with Crippen LogP contribution in [-0.4, -0.2) is 50.1 Å². The number of piperidine rings is 1. The van der Waals surface area contributed by atoms with Crippen molar-refractivity contribution in [3.05, 3.63) is 78.1 Å². The van der Waals surface area contributed by atoms with Gasteiger partial charge in [-0.2, -0.15) is 0 Å². The van der Waals surface area contributed by atoms with E-state index in [-0.39, 0.29) is 23.6 Å². The maximum atomic E-state index is 13.1. The first-order valence-electron chi connectivity index (χ1n) is 10.8. The van der Waals surface area contributed by atoms with E-state index in [1.807, 2.05) is 24.3 Å². The van der Waals surface area contributed by atoms with Crippen LogP contribution < -0.4 is 4.74 Å². The van der Waals surface area contributed by atoms with Gasteiger partial charge in [-0.3, -0.25) is 4.79 Å². The Bertz CT molecular complexity index is 1010. The monoisotopic (exact) mass is 421 g/mol.